The molecule has 1 aliphatic heterocycles. The van der Waals surface area contributed by atoms with Gasteiger partial charge in [-0.3, -0.25) is 4.79 Å². The summed E-state index contributed by atoms with van der Waals surface area (Å²) in [5.41, 5.74) is 2.00. The van der Waals surface area contributed by atoms with Gasteiger partial charge in [-0.25, -0.2) is 4.98 Å². The zero-order chi connectivity index (χ0) is 17.2. The van der Waals surface area contributed by atoms with Gasteiger partial charge in [0.25, 0.3) is 5.91 Å². The van der Waals surface area contributed by atoms with Crippen LogP contribution in [0.2, 0.25) is 0 Å². The maximum absolute atomic E-state index is 12.8. The van der Waals surface area contributed by atoms with Crippen LogP contribution < -0.4 is 20.1 Å². The van der Waals surface area contributed by atoms with Gasteiger partial charge in [0.1, 0.15) is 5.82 Å². The summed E-state index contributed by atoms with van der Waals surface area (Å²) in [4.78, 5) is 17.4. The average Bonchev–Trinajstić information content (AvgIpc) is 3.09. The van der Waals surface area contributed by atoms with Gasteiger partial charge in [0.15, 0.2) is 11.5 Å². The molecular formula is C19H17N3O3. The van der Waals surface area contributed by atoms with Crippen LogP contribution in [0.3, 0.4) is 0 Å². The van der Waals surface area contributed by atoms with Gasteiger partial charge < -0.3 is 20.1 Å². The van der Waals surface area contributed by atoms with E-state index in [0.717, 1.165) is 17.4 Å². The summed E-state index contributed by atoms with van der Waals surface area (Å²) < 4.78 is 10.6. The Bertz CT molecular complexity index is 956. The molecular weight excluding hydrogens is 318 g/mol. The second-order valence-electron chi connectivity index (χ2n) is 5.62. The van der Waals surface area contributed by atoms with Crippen LogP contribution in [0.25, 0.3) is 10.9 Å². The number of fused-ring (bicyclic) bond motifs is 2. The molecule has 0 bridgehead atoms. The second kappa shape index (κ2) is 6.32. The molecule has 2 aromatic carbocycles. The van der Waals surface area contributed by atoms with Crippen LogP contribution in [0.4, 0.5) is 11.5 Å². The molecule has 0 fully saturated rings. The molecule has 3 aromatic rings. The van der Waals surface area contributed by atoms with E-state index >= 15 is 0 Å². The molecule has 0 saturated carbocycles. The first kappa shape index (κ1) is 15.3. The van der Waals surface area contributed by atoms with Crippen molar-refractivity contribution >= 4 is 28.3 Å². The number of carbonyl (C=O) groups is 1. The number of rotatable bonds is 4. The van der Waals surface area contributed by atoms with Crippen molar-refractivity contribution in [3.05, 3.63) is 54.1 Å². The fraction of sp³-hybridized carbons (Fsp3) is 0.158. The molecule has 2 N–H and O–H groups in total. The molecule has 0 saturated heterocycles. The summed E-state index contributed by atoms with van der Waals surface area (Å²) in [6, 6.07) is 14.7. The number of para-hydroxylation sites is 1. The minimum absolute atomic E-state index is 0.198. The van der Waals surface area contributed by atoms with E-state index in [0.29, 0.717) is 28.6 Å². The summed E-state index contributed by atoms with van der Waals surface area (Å²) in [7, 11) is 0. The summed E-state index contributed by atoms with van der Waals surface area (Å²) in [5.74, 6) is 1.79. The maximum Gasteiger partial charge on any atom is 0.256 e. The topological polar surface area (TPSA) is 72.5 Å². The summed E-state index contributed by atoms with van der Waals surface area (Å²) in [6.45, 7) is 2.92. The monoisotopic (exact) mass is 335 g/mol. The SMILES string of the molecule is CCNc1cc(C(=O)Nc2ccc3c(c2)OCO3)c2ccccc2n1. The Kier molecular flexibility index (Phi) is 3.85. The second-order valence-corrected chi connectivity index (χ2v) is 5.62. The average molecular weight is 335 g/mol. The molecule has 25 heavy (non-hydrogen) atoms. The van der Waals surface area contributed by atoms with Gasteiger partial charge >= 0.3 is 0 Å². The smallest absolute Gasteiger partial charge is 0.256 e. The number of pyridine rings is 1. The van der Waals surface area contributed by atoms with Crippen LogP contribution in [0.5, 0.6) is 11.5 Å². The van der Waals surface area contributed by atoms with Crippen molar-refractivity contribution in [2.24, 2.45) is 0 Å². The zero-order valence-electron chi connectivity index (χ0n) is 13.7. The largest absolute Gasteiger partial charge is 0.454 e. The highest BCUT2D eigenvalue weighted by atomic mass is 16.7. The zero-order valence-corrected chi connectivity index (χ0v) is 13.7. The number of amides is 1. The number of hydrogen-bond donors (Lipinski definition) is 2. The van der Waals surface area contributed by atoms with Gasteiger partial charge in [-0.2, -0.15) is 0 Å². The predicted octanol–water partition coefficient (Wildman–Crippen LogP) is 3.65. The van der Waals surface area contributed by atoms with E-state index in [9.17, 15) is 4.79 Å². The Balaban J connectivity index is 1.69. The number of anilines is 2. The Morgan fingerprint density at radius 2 is 1.96 bits per heavy atom. The predicted molar refractivity (Wildman–Crippen MR) is 96.4 cm³/mol. The molecule has 1 aliphatic rings. The van der Waals surface area contributed by atoms with Gasteiger partial charge in [-0.1, -0.05) is 18.2 Å². The number of ether oxygens (including phenoxy) is 2. The Morgan fingerprint density at radius 3 is 2.84 bits per heavy atom. The summed E-state index contributed by atoms with van der Waals surface area (Å²) in [6.07, 6.45) is 0. The van der Waals surface area contributed by atoms with Crippen LogP contribution >= 0.6 is 0 Å². The van der Waals surface area contributed by atoms with Crippen molar-refractivity contribution in [3.63, 3.8) is 0 Å². The third kappa shape index (κ3) is 2.94. The lowest BCUT2D eigenvalue weighted by Gasteiger charge is -2.11. The normalized spacial score (nSPS) is 12.2. The number of hydrogen-bond acceptors (Lipinski definition) is 5. The third-order valence-corrected chi connectivity index (χ3v) is 3.95. The molecule has 1 aromatic heterocycles. The number of benzene rings is 2. The number of nitrogens with zero attached hydrogens (tertiary/aromatic N) is 1. The standard InChI is InChI=1S/C19H17N3O3/c1-2-20-18-10-14(13-5-3-4-6-15(13)22-18)19(23)21-12-7-8-16-17(9-12)25-11-24-16/h3-10H,2,11H2,1H3,(H,20,22)(H,21,23). The molecule has 1 amide bonds. The number of aromatic nitrogens is 1. The van der Waals surface area contributed by atoms with Crippen molar-refractivity contribution in [3.8, 4) is 11.5 Å². The van der Waals surface area contributed by atoms with Gasteiger partial charge in [-0.05, 0) is 31.2 Å². The molecule has 6 heteroatoms. The molecule has 2 heterocycles. The highest BCUT2D eigenvalue weighted by Gasteiger charge is 2.16. The molecule has 126 valence electrons. The molecule has 0 spiro atoms. The van der Waals surface area contributed by atoms with Crippen molar-refractivity contribution in [2.45, 2.75) is 6.92 Å². The number of carbonyl (C=O) groups excluding carboxylic acids is 1. The first-order valence-electron chi connectivity index (χ1n) is 8.09. The first-order valence-corrected chi connectivity index (χ1v) is 8.09. The van der Waals surface area contributed by atoms with E-state index in [1.165, 1.54) is 0 Å². The number of nitrogens with one attached hydrogen (secondary N) is 2. The van der Waals surface area contributed by atoms with Crippen LogP contribution in [0.1, 0.15) is 17.3 Å². The van der Waals surface area contributed by atoms with Crippen LogP contribution in [-0.2, 0) is 0 Å². The van der Waals surface area contributed by atoms with Gasteiger partial charge in [0.2, 0.25) is 6.79 Å². The van der Waals surface area contributed by atoms with Crippen molar-refractivity contribution in [1.82, 2.24) is 4.98 Å². The van der Waals surface area contributed by atoms with Crippen molar-refractivity contribution in [2.75, 3.05) is 24.0 Å². The fourth-order valence-corrected chi connectivity index (χ4v) is 2.81. The van der Waals surface area contributed by atoms with E-state index in [-0.39, 0.29) is 12.7 Å². The Labute approximate surface area is 144 Å². The summed E-state index contributed by atoms with van der Waals surface area (Å²) >= 11 is 0. The molecule has 0 unspecified atom stereocenters. The van der Waals surface area contributed by atoms with Crippen LogP contribution in [0.15, 0.2) is 48.5 Å². The van der Waals surface area contributed by atoms with Gasteiger partial charge in [0.05, 0.1) is 11.1 Å². The van der Waals surface area contributed by atoms with E-state index in [1.807, 2.05) is 31.2 Å². The summed E-state index contributed by atoms with van der Waals surface area (Å²) in [5, 5.41) is 6.89. The lowest BCUT2D eigenvalue weighted by atomic mass is 10.1. The van der Waals surface area contributed by atoms with Crippen molar-refractivity contribution < 1.29 is 14.3 Å². The van der Waals surface area contributed by atoms with Crippen LogP contribution in [-0.4, -0.2) is 24.2 Å². The maximum atomic E-state index is 12.8. The lowest BCUT2D eigenvalue weighted by Crippen LogP contribution is -2.13. The molecule has 0 atom stereocenters. The van der Waals surface area contributed by atoms with E-state index < -0.39 is 0 Å². The van der Waals surface area contributed by atoms with E-state index in [2.05, 4.69) is 15.6 Å². The van der Waals surface area contributed by atoms with Crippen LogP contribution in [0, 0.1) is 0 Å². The van der Waals surface area contributed by atoms with E-state index in [4.69, 9.17) is 9.47 Å². The highest BCUT2D eigenvalue weighted by molar-refractivity contribution is 6.13. The first-order chi connectivity index (χ1) is 12.2. The van der Waals surface area contributed by atoms with Gasteiger partial charge in [0, 0.05) is 23.7 Å². The molecule has 0 radical (unpaired) electrons. The molecule has 4 rings (SSSR count). The molecule has 0 aliphatic carbocycles. The third-order valence-electron chi connectivity index (χ3n) is 3.95. The fourth-order valence-electron chi connectivity index (χ4n) is 2.81. The highest BCUT2D eigenvalue weighted by Crippen LogP contribution is 2.34. The quantitative estimate of drug-likeness (QED) is 0.761. The van der Waals surface area contributed by atoms with E-state index in [1.54, 1.807) is 24.3 Å². The minimum atomic E-state index is -0.198. The Hall–Kier alpha value is -3.28. The minimum Gasteiger partial charge on any atom is -0.454 e. The lowest BCUT2D eigenvalue weighted by molar-refractivity contribution is 0.102. The molecule has 6 nitrogen and oxygen atoms in total. The van der Waals surface area contributed by atoms with Gasteiger partial charge in [-0.15, -0.1) is 0 Å². The van der Waals surface area contributed by atoms with Crippen molar-refractivity contribution in [1.29, 1.82) is 0 Å². The Morgan fingerprint density at radius 1 is 1.12 bits per heavy atom.